The van der Waals surface area contributed by atoms with E-state index < -0.39 is 10.4 Å². The van der Waals surface area contributed by atoms with E-state index in [9.17, 15) is 0 Å². The van der Waals surface area contributed by atoms with Crippen LogP contribution in [0, 0.1) is 0 Å². The van der Waals surface area contributed by atoms with E-state index in [-0.39, 0.29) is 65.7 Å². The maximum absolute atomic E-state index is 8.53. The summed E-state index contributed by atoms with van der Waals surface area (Å²) >= 11 is 0. The zero-order valence-corrected chi connectivity index (χ0v) is 25.0. The molecular weight excluding hydrogens is 446 g/mol. The van der Waals surface area contributed by atoms with Crippen LogP contribution in [0.25, 0.3) is 0 Å². The van der Waals surface area contributed by atoms with Crippen LogP contribution in [0.2, 0.25) is 0 Å². The second-order valence-corrected chi connectivity index (χ2v) is 7.67. The molecule has 31 heavy (non-hydrogen) atoms. The molecule has 0 aliphatic heterocycles. The summed E-state index contributed by atoms with van der Waals surface area (Å²) < 4.78 is 50.1. The molecule has 0 saturated heterocycles. The van der Waals surface area contributed by atoms with Gasteiger partial charge in [-0.2, -0.15) is 0 Å². The van der Waals surface area contributed by atoms with Gasteiger partial charge >= 0.3 is 59.1 Å². The summed E-state index contributed by atoms with van der Waals surface area (Å²) in [5.41, 5.74) is 0. The van der Waals surface area contributed by atoms with E-state index in [1.807, 2.05) is 0 Å². The summed E-state index contributed by atoms with van der Waals surface area (Å²) in [6.07, 6.45) is 16.5. The molecule has 0 atom stereocenters. The molecule has 0 radical (unpaired) electrons. The van der Waals surface area contributed by atoms with Gasteiger partial charge in [-0.3, -0.25) is 8.42 Å². The monoisotopic (exact) mass is 488 g/mol. The fraction of sp³-hybridized carbons (Fsp3) is 1.00. The second kappa shape index (κ2) is 33.9. The number of unbranched alkanes of at least 4 members (excludes halogenated alkanes) is 11. The summed E-state index contributed by atoms with van der Waals surface area (Å²) in [5, 5.41) is 8.53. The zero-order valence-electron chi connectivity index (χ0n) is 20.1. The summed E-state index contributed by atoms with van der Waals surface area (Å²) in [5.74, 6) is 0. The molecule has 11 heteroatoms. The molecule has 1 N–H and O–H groups in total. The fourth-order valence-electron chi connectivity index (χ4n) is 2.65. The Kier molecular flexibility index (Phi) is 43.6. The second-order valence-electron chi connectivity index (χ2n) is 6.86. The maximum atomic E-state index is 8.53. The molecule has 0 aromatic rings. The molecule has 8 nitrogen and oxygen atoms in total. The summed E-state index contributed by atoms with van der Waals surface area (Å²) in [6, 6.07) is 0. The standard InChI is InChI=1S/C20H42O4.2Na.H2O4S/c1-2-3-4-5-6-7-8-9-10-11-12-13-15-22-17-19-24-20-18-23-16-14-21;;;1-5(2,3)4/h21H,2-20H2,1H3;;;(H2,1,2,3,4)/q;2*+1;/p-2. The minimum absolute atomic E-state index is 0. The first-order valence-corrected chi connectivity index (χ1v) is 12.3. The van der Waals surface area contributed by atoms with Crippen molar-refractivity contribution in [3.8, 4) is 0 Å². The van der Waals surface area contributed by atoms with Gasteiger partial charge in [0.1, 0.15) is 0 Å². The summed E-state index contributed by atoms with van der Waals surface area (Å²) in [4.78, 5) is 0. The number of aliphatic hydroxyl groups is 1. The Labute approximate surface area is 234 Å². The fourth-order valence-corrected chi connectivity index (χ4v) is 2.65. The molecular formula is C20H42Na2O8S. The third kappa shape index (κ3) is 54.3. The van der Waals surface area contributed by atoms with Crippen LogP contribution >= 0.6 is 0 Å². The van der Waals surface area contributed by atoms with E-state index in [1.54, 1.807) is 0 Å². The molecule has 0 aliphatic rings. The largest absolute Gasteiger partial charge is 1.00 e. The summed E-state index contributed by atoms with van der Waals surface area (Å²) in [6.45, 7) is 5.99. The van der Waals surface area contributed by atoms with E-state index in [2.05, 4.69) is 6.92 Å². The predicted molar refractivity (Wildman–Crippen MR) is 111 cm³/mol. The van der Waals surface area contributed by atoms with E-state index in [1.165, 1.54) is 70.6 Å². The molecule has 0 aliphatic carbocycles. The maximum Gasteiger partial charge on any atom is 1.00 e. The van der Waals surface area contributed by atoms with Gasteiger partial charge in [0.05, 0.1) is 39.6 Å². The first-order chi connectivity index (χ1) is 13.9. The number of hydrogen-bond acceptors (Lipinski definition) is 8. The van der Waals surface area contributed by atoms with Crippen LogP contribution in [-0.2, 0) is 24.6 Å². The van der Waals surface area contributed by atoms with Crippen molar-refractivity contribution in [1.82, 2.24) is 0 Å². The van der Waals surface area contributed by atoms with Gasteiger partial charge in [0, 0.05) is 17.0 Å². The van der Waals surface area contributed by atoms with Crippen LogP contribution in [0.1, 0.15) is 84.0 Å². The third-order valence-electron chi connectivity index (χ3n) is 4.12. The van der Waals surface area contributed by atoms with E-state index in [4.69, 9.17) is 36.8 Å². The third-order valence-corrected chi connectivity index (χ3v) is 4.12. The minimum Gasteiger partial charge on any atom is -0.759 e. The Bertz CT molecular complexity index is 371. The number of rotatable bonds is 21. The van der Waals surface area contributed by atoms with Crippen molar-refractivity contribution in [2.45, 2.75) is 84.0 Å². The van der Waals surface area contributed by atoms with Crippen molar-refractivity contribution in [3.63, 3.8) is 0 Å². The van der Waals surface area contributed by atoms with Gasteiger partial charge in [0.2, 0.25) is 0 Å². The van der Waals surface area contributed by atoms with Crippen LogP contribution in [0.5, 0.6) is 0 Å². The van der Waals surface area contributed by atoms with Gasteiger partial charge in [-0.15, -0.1) is 0 Å². The smallest absolute Gasteiger partial charge is 0.759 e. The van der Waals surface area contributed by atoms with E-state index >= 15 is 0 Å². The van der Waals surface area contributed by atoms with Gasteiger partial charge in [0.25, 0.3) is 0 Å². The Morgan fingerprint density at radius 3 is 1.23 bits per heavy atom. The van der Waals surface area contributed by atoms with E-state index in [0.29, 0.717) is 33.0 Å². The van der Waals surface area contributed by atoms with Crippen molar-refractivity contribution in [1.29, 1.82) is 0 Å². The van der Waals surface area contributed by atoms with Crippen LogP contribution in [0.4, 0.5) is 0 Å². The minimum atomic E-state index is -5.17. The van der Waals surface area contributed by atoms with Crippen molar-refractivity contribution in [2.24, 2.45) is 0 Å². The van der Waals surface area contributed by atoms with Crippen LogP contribution < -0.4 is 59.1 Å². The first-order valence-electron chi connectivity index (χ1n) is 10.9. The molecule has 0 bridgehead atoms. The average molecular weight is 489 g/mol. The van der Waals surface area contributed by atoms with Gasteiger partial charge in [-0.25, -0.2) is 0 Å². The van der Waals surface area contributed by atoms with Gasteiger partial charge in [-0.1, -0.05) is 77.6 Å². The molecule has 0 aromatic heterocycles. The molecule has 0 spiro atoms. The number of ether oxygens (including phenoxy) is 3. The van der Waals surface area contributed by atoms with Gasteiger partial charge in [0.15, 0.2) is 0 Å². The SMILES string of the molecule is CCCCCCCCCCCCCCOCCOCCOCCO.O=S(=O)([O-])[O-].[Na+].[Na+]. The average Bonchev–Trinajstić information content (AvgIpc) is 2.65. The molecule has 178 valence electrons. The topological polar surface area (TPSA) is 128 Å². The van der Waals surface area contributed by atoms with Gasteiger partial charge in [-0.05, 0) is 6.42 Å². The Morgan fingerprint density at radius 2 is 0.871 bits per heavy atom. The molecule has 0 fully saturated rings. The Hall–Kier alpha value is 1.71. The van der Waals surface area contributed by atoms with Crippen molar-refractivity contribution in [3.05, 3.63) is 0 Å². The quantitative estimate of drug-likeness (QED) is 0.0806. The first kappa shape index (κ1) is 39.9. The van der Waals surface area contributed by atoms with Crippen LogP contribution in [0.3, 0.4) is 0 Å². The molecule has 0 rings (SSSR count). The van der Waals surface area contributed by atoms with Gasteiger partial charge < -0.3 is 28.4 Å². The molecule has 0 unspecified atom stereocenters. The molecule has 0 heterocycles. The molecule has 0 aromatic carbocycles. The molecule has 0 saturated carbocycles. The number of hydrogen-bond donors (Lipinski definition) is 1. The number of aliphatic hydroxyl groups excluding tert-OH is 1. The Morgan fingerprint density at radius 1 is 0.581 bits per heavy atom. The van der Waals surface area contributed by atoms with Crippen molar-refractivity contribution < 1.29 is 96.0 Å². The zero-order chi connectivity index (χ0) is 22.1. The van der Waals surface area contributed by atoms with Crippen LogP contribution in [0.15, 0.2) is 0 Å². The summed E-state index contributed by atoms with van der Waals surface area (Å²) in [7, 11) is -5.17. The molecule has 0 amide bonds. The van der Waals surface area contributed by atoms with Crippen LogP contribution in [-0.4, -0.2) is 68.9 Å². The Balaban J connectivity index is -0.000000464. The van der Waals surface area contributed by atoms with E-state index in [0.717, 1.165) is 13.0 Å². The van der Waals surface area contributed by atoms with Crippen molar-refractivity contribution in [2.75, 3.05) is 46.2 Å². The predicted octanol–water partition coefficient (Wildman–Crippen LogP) is -2.60. The normalized spacial score (nSPS) is 10.6. The van der Waals surface area contributed by atoms with Crippen molar-refractivity contribution >= 4 is 10.4 Å².